The van der Waals surface area contributed by atoms with Gasteiger partial charge in [0, 0.05) is 22.5 Å². The van der Waals surface area contributed by atoms with Gasteiger partial charge in [-0.25, -0.2) is 14.4 Å². The molecule has 0 saturated carbocycles. The minimum atomic E-state index is -0.258. The Morgan fingerprint density at radius 3 is 2.74 bits per heavy atom. The Balaban J connectivity index is 1.55. The van der Waals surface area contributed by atoms with Gasteiger partial charge in [-0.1, -0.05) is 23.4 Å². The number of imidazole rings is 1. The Hall–Kier alpha value is -1.93. The molecular weight excluding hydrogens is 405 g/mol. The summed E-state index contributed by atoms with van der Waals surface area (Å²) in [4.78, 5) is 9.29. The Labute approximate surface area is 168 Å². The summed E-state index contributed by atoms with van der Waals surface area (Å²) in [6, 6.07) is 11.9. The van der Waals surface area contributed by atoms with Crippen LogP contribution < -0.4 is 0 Å². The predicted octanol–water partition coefficient (Wildman–Crippen LogP) is 5.24. The zero-order valence-electron chi connectivity index (χ0n) is 14.1. The molecule has 0 unspecified atom stereocenters. The van der Waals surface area contributed by atoms with Gasteiger partial charge in [-0.3, -0.25) is 0 Å². The largest absolute Gasteiger partial charge is 0.395 e. The van der Waals surface area contributed by atoms with E-state index in [1.54, 1.807) is 35.2 Å². The summed E-state index contributed by atoms with van der Waals surface area (Å²) in [5.41, 5.74) is 3.49. The van der Waals surface area contributed by atoms with Crippen LogP contribution in [0.15, 0.2) is 52.2 Å². The van der Waals surface area contributed by atoms with E-state index in [0.29, 0.717) is 17.3 Å². The van der Waals surface area contributed by atoms with Crippen molar-refractivity contribution in [1.29, 1.82) is 0 Å². The van der Waals surface area contributed by atoms with Crippen LogP contribution in [0.1, 0.15) is 5.82 Å². The second-order valence-corrected chi connectivity index (χ2v) is 8.35. The van der Waals surface area contributed by atoms with Gasteiger partial charge < -0.3 is 9.67 Å². The standard InChI is InChI=1S/C19H15ClFN3OS2/c20-13-3-6-15-17(9-13)24(7-8-25)18(22-15)11-27-19-23-16(10-26-19)12-1-4-14(21)5-2-12/h1-6,9-10,25H,7-8,11H2. The fourth-order valence-corrected chi connectivity index (χ4v) is 4.76. The number of aromatic nitrogens is 3. The van der Waals surface area contributed by atoms with Crippen LogP contribution in [0.5, 0.6) is 0 Å². The summed E-state index contributed by atoms with van der Waals surface area (Å²) in [7, 11) is 0. The van der Waals surface area contributed by atoms with Gasteiger partial charge in [-0.05, 0) is 42.5 Å². The van der Waals surface area contributed by atoms with E-state index in [0.717, 1.165) is 32.5 Å². The molecule has 0 spiro atoms. The average molecular weight is 420 g/mol. The van der Waals surface area contributed by atoms with Crippen molar-refractivity contribution >= 4 is 45.7 Å². The number of aliphatic hydroxyl groups excluding tert-OH is 1. The maximum Gasteiger partial charge on any atom is 0.150 e. The minimum absolute atomic E-state index is 0.0294. The fourth-order valence-electron chi connectivity index (χ4n) is 2.81. The molecular formula is C19H15ClFN3OS2. The molecule has 2 aromatic carbocycles. The van der Waals surface area contributed by atoms with Crippen molar-refractivity contribution in [2.24, 2.45) is 0 Å². The quantitative estimate of drug-likeness (QED) is 0.434. The van der Waals surface area contributed by atoms with Crippen LogP contribution in [0.25, 0.3) is 22.3 Å². The molecule has 0 bridgehead atoms. The number of thiazole rings is 1. The van der Waals surface area contributed by atoms with Crippen LogP contribution in [-0.2, 0) is 12.3 Å². The van der Waals surface area contributed by atoms with Gasteiger partial charge in [0.05, 0.1) is 29.1 Å². The molecule has 138 valence electrons. The van der Waals surface area contributed by atoms with E-state index >= 15 is 0 Å². The molecule has 4 aromatic rings. The number of nitrogens with zero attached hydrogens (tertiary/aromatic N) is 3. The molecule has 4 rings (SSSR count). The van der Waals surface area contributed by atoms with Gasteiger partial charge in [0.2, 0.25) is 0 Å². The molecule has 2 aromatic heterocycles. The molecule has 0 aliphatic carbocycles. The van der Waals surface area contributed by atoms with E-state index in [4.69, 9.17) is 11.6 Å². The van der Waals surface area contributed by atoms with Crippen molar-refractivity contribution in [2.45, 2.75) is 16.6 Å². The molecule has 1 N–H and O–H groups in total. The molecule has 0 amide bonds. The monoisotopic (exact) mass is 419 g/mol. The molecule has 0 aliphatic rings. The zero-order valence-corrected chi connectivity index (χ0v) is 16.5. The zero-order chi connectivity index (χ0) is 18.8. The lowest BCUT2D eigenvalue weighted by molar-refractivity contribution is 0.276. The van der Waals surface area contributed by atoms with Gasteiger partial charge in [0.15, 0.2) is 4.34 Å². The first kappa shape index (κ1) is 18.4. The summed E-state index contributed by atoms with van der Waals surface area (Å²) < 4.78 is 16.0. The van der Waals surface area contributed by atoms with E-state index in [9.17, 15) is 9.50 Å². The van der Waals surface area contributed by atoms with Crippen molar-refractivity contribution in [3.05, 3.63) is 64.5 Å². The molecule has 0 atom stereocenters. The van der Waals surface area contributed by atoms with Gasteiger partial charge in [0.25, 0.3) is 0 Å². The first-order chi connectivity index (χ1) is 13.1. The van der Waals surface area contributed by atoms with Crippen molar-refractivity contribution in [1.82, 2.24) is 14.5 Å². The first-order valence-electron chi connectivity index (χ1n) is 8.24. The van der Waals surface area contributed by atoms with E-state index in [1.165, 1.54) is 12.1 Å². The van der Waals surface area contributed by atoms with Crippen LogP contribution in [0, 0.1) is 5.82 Å². The third kappa shape index (κ3) is 4.01. The highest BCUT2D eigenvalue weighted by Crippen LogP contribution is 2.31. The smallest absolute Gasteiger partial charge is 0.150 e. The Morgan fingerprint density at radius 2 is 1.96 bits per heavy atom. The second-order valence-electron chi connectivity index (χ2n) is 5.83. The van der Waals surface area contributed by atoms with E-state index in [1.807, 2.05) is 28.1 Å². The first-order valence-corrected chi connectivity index (χ1v) is 10.5. The molecule has 0 fully saturated rings. The van der Waals surface area contributed by atoms with Crippen LogP contribution in [-0.4, -0.2) is 26.2 Å². The van der Waals surface area contributed by atoms with Gasteiger partial charge in [-0.15, -0.1) is 11.3 Å². The van der Waals surface area contributed by atoms with Crippen LogP contribution >= 0.6 is 34.7 Å². The number of fused-ring (bicyclic) bond motifs is 1. The highest BCUT2D eigenvalue weighted by Gasteiger charge is 2.13. The molecule has 0 radical (unpaired) electrons. The summed E-state index contributed by atoms with van der Waals surface area (Å²) in [5.74, 6) is 1.24. The van der Waals surface area contributed by atoms with Crippen LogP contribution in [0.4, 0.5) is 4.39 Å². The number of hydrogen-bond acceptors (Lipinski definition) is 5. The molecule has 27 heavy (non-hydrogen) atoms. The van der Waals surface area contributed by atoms with E-state index in [2.05, 4.69) is 9.97 Å². The van der Waals surface area contributed by atoms with Gasteiger partial charge >= 0.3 is 0 Å². The van der Waals surface area contributed by atoms with Crippen LogP contribution in [0.3, 0.4) is 0 Å². The number of halogens is 2. The highest BCUT2D eigenvalue weighted by atomic mass is 35.5. The summed E-state index contributed by atoms with van der Waals surface area (Å²) in [6.45, 7) is 0.493. The van der Waals surface area contributed by atoms with Crippen LogP contribution in [0.2, 0.25) is 5.02 Å². The summed E-state index contributed by atoms with van der Waals surface area (Å²) in [5, 5.41) is 12.0. The van der Waals surface area contributed by atoms with Crippen molar-refractivity contribution in [3.8, 4) is 11.3 Å². The number of hydrogen-bond donors (Lipinski definition) is 1. The van der Waals surface area contributed by atoms with Gasteiger partial charge in [-0.2, -0.15) is 0 Å². The predicted molar refractivity (Wildman–Crippen MR) is 109 cm³/mol. The lowest BCUT2D eigenvalue weighted by Crippen LogP contribution is -2.06. The summed E-state index contributed by atoms with van der Waals surface area (Å²) >= 11 is 9.24. The number of benzene rings is 2. The number of aliphatic hydroxyl groups is 1. The minimum Gasteiger partial charge on any atom is -0.395 e. The third-order valence-electron chi connectivity index (χ3n) is 4.06. The maximum atomic E-state index is 13.1. The fraction of sp³-hybridized carbons (Fsp3) is 0.158. The molecule has 0 aliphatic heterocycles. The second kappa shape index (κ2) is 7.98. The normalized spacial score (nSPS) is 11.4. The molecule has 8 heteroatoms. The molecule has 0 saturated heterocycles. The Bertz CT molecular complexity index is 1080. The maximum absolute atomic E-state index is 13.1. The highest BCUT2D eigenvalue weighted by molar-refractivity contribution is 8.00. The third-order valence-corrected chi connectivity index (χ3v) is 6.31. The summed E-state index contributed by atoms with van der Waals surface area (Å²) in [6.07, 6.45) is 0. The molecule has 2 heterocycles. The lowest BCUT2D eigenvalue weighted by Gasteiger charge is -2.06. The van der Waals surface area contributed by atoms with Crippen molar-refractivity contribution in [3.63, 3.8) is 0 Å². The average Bonchev–Trinajstić information content (AvgIpc) is 3.26. The number of thioether (sulfide) groups is 1. The topological polar surface area (TPSA) is 50.9 Å². The Kier molecular flexibility index (Phi) is 5.45. The molecule has 4 nitrogen and oxygen atoms in total. The SMILES string of the molecule is OCCn1c(CSc2nc(-c3ccc(F)cc3)cs2)nc2ccc(Cl)cc21. The van der Waals surface area contributed by atoms with Gasteiger partial charge in [0.1, 0.15) is 11.6 Å². The Morgan fingerprint density at radius 1 is 1.15 bits per heavy atom. The van der Waals surface area contributed by atoms with Crippen molar-refractivity contribution < 1.29 is 9.50 Å². The van der Waals surface area contributed by atoms with E-state index in [-0.39, 0.29) is 12.4 Å². The number of rotatable bonds is 6. The van der Waals surface area contributed by atoms with E-state index < -0.39 is 0 Å². The van der Waals surface area contributed by atoms with Crippen molar-refractivity contribution in [2.75, 3.05) is 6.61 Å². The lowest BCUT2D eigenvalue weighted by atomic mass is 10.2.